The van der Waals surface area contributed by atoms with Crippen molar-refractivity contribution < 1.29 is 19.1 Å². The fourth-order valence-electron chi connectivity index (χ4n) is 0.970. The summed E-state index contributed by atoms with van der Waals surface area (Å²) >= 11 is 6.22. The van der Waals surface area contributed by atoms with Gasteiger partial charge in [-0.1, -0.05) is 31.9 Å². The van der Waals surface area contributed by atoms with E-state index in [4.69, 9.17) is 9.47 Å². The van der Waals surface area contributed by atoms with Crippen molar-refractivity contribution in [1.82, 2.24) is 0 Å². The van der Waals surface area contributed by atoms with Gasteiger partial charge in [-0.25, -0.2) is 0 Å². The molecule has 0 N–H and O–H groups in total. The normalized spacial score (nSPS) is 13.6. The van der Waals surface area contributed by atoms with Crippen LogP contribution in [0, 0.1) is 0 Å². The highest BCUT2D eigenvalue weighted by atomic mass is 79.9. The van der Waals surface area contributed by atoms with E-state index in [-0.39, 0.29) is 21.6 Å². The number of esters is 2. The molecule has 0 bridgehead atoms. The first-order valence-electron chi connectivity index (χ1n) is 5.21. The lowest BCUT2D eigenvalue weighted by Gasteiger charge is -2.08. The molecule has 1 rings (SSSR count). The molecule has 0 radical (unpaired) electrons. The number of alkyl halides is 2. The molecule has 0 saturated carbocycles. The Hall–Kier alpha value is -0.880. The van der Waals surface area contributed by atoms with Crippen LogP contribution in [-0.4, -0.2) is 21.6 Å². The van der Waals surface area contributed by atoms with Crippen LogP contribution in [0.1, 0.15) is 13.8 Å². The lowest BCUT2D eigenvalue weighted by Crippen LogP contribution is -2.18. The smallest absolute Gasteiger partial charge is 0.324 e. The molecule has 1 aromatic rings. The summed E-state index contributed by atoms with van der Waals surface area (Å²) in [6, 6.07) is 6.26. The zero-order valence-electron chi connectivity index (χ0n) is 9.85. The van der Waals surface area contributed by atoms with Crippen molar-refractivity contribution in [3.05, 3.63) is 24.3 Å². The fourth-order valence-corrected chi connectivity index (χ4v) is 1.16. The van der Waals surface area contributed by atoms with Crippen molar-refractivity contribution in [2.24, 2.45) is 0 Å². The van der Waals surface area contributed by atoms with Crippen LogP contribution >= 0.6 is 31.9 Å². The third-order valence-electron chi connectivity index (χ3n) is 1.91. The third kappa shape index (κ3) is 4.78. The van der Waals surface area contributed by atoms with Gasteiger partial charge in [-0.2, -0.15) is 0 Å². The number of hydrogen-bond acceptors (Lipinski definition) is 4. The van der Waals surface area contributed by atoms with Crippen LogP contribution in [0.25, 0.3) is 0 Å². The predicted molar refractivity (Wildman–Crippen MR) is 74.5 cm³/mol. The van der Waals surface area contributed by atoms with Crippen molar-refractivity contribution in [3.8, 4) is 11.5 Å². The quantitative estimate of drug-likeness (QED) is 0.458. The summed E-state index contributed by atoms with van der Waals surface area (Å²) in [5.74, 6) is 0.0404. The van der Waals surface area contributed by atoms with Crippen molar-refractivity contribution in [1.29, 1.82) is 0 Å². The van der Waals surface area contributed by atoms with E-state index in [1.54, 1.807) is 38.1 Å². The van der Waals surface area contributed by atoms with Crippen LogP contribution in [0.15, 0.2) is 24.3 Å². The van der Waals surface area contributed by atoms with Crippen molar-refractivity contribution in [2.45, 2.75) is 23.5 Å². The van der Waals surface area contributed by atoms with E-state index < -0.39 is 0 Å². The molecule has 98 valence electrons. The van der Waals surface area contributed by atoms with Gasteiger partial charge in [-0.15, -0.1) is 0 Å². The second-order valence-electron chi connectivity index (χ2n) is 3.55. The number of halogens is 2. The van der Waals surface area contributed by atoms with Gasteiger partial charge in [-0.3, -0.25) is 9.59 Å². The standard InChI is InChI=1S/C12H12Br2O4/c1-7(13)11(15)17-9-3-5-10(6-4-9)18-12(16)8(2)14/h3-8H,1-2H3. The Labute approximate surface area is 122 Å². The molecule has 0 spiro atoms. The zero-order valence-corrected chi connectivity index (χ0v) is 13.0. The maximum Gasteiger partial charge on any atom is 0.324 e. The second kappa shape index (κ2) is 6.89. The summed E-state index contributed by atoms with van der Waals surface area (Å²) in [6.45, 7) is 3.35. The van der Waals surface area contributed by atoms with Gasteiger partial charge in [0.1, 0.15) is 21.2 Å². The summed E-state index contributed by atoms with van der Waals surface area (Å²) in [6.07, 6.45) is 0. The molecule has 4 nitrogen and oxygen atoms in total. The van der Waals surface area contributed by atoms with Crippen LogP contribution in [0.2, 0.25) is 0 Å². The van der Waals surface area contributed by atoms with Gasteiger partial charge in [0.15, 0.2) is 0 Å². The zero-order chi connectivity index (χ0) is 13.7. The van der Waals surface area contributed by atoms with Crippen LogP contribution in [-0.2, 0) is 9.59 Å². The topological polar surface area (TPSA) is 52.6 Å². The van der Waals surface area contributed by atoms with Gasteiger partial charge in [0.2, 0.25) is 0 Å². The SMILES string of the molecule is CC(Br)C(=O)Oc1ccc(OC(=O)C(C)Br)cc1. The molecule has 1 aromatic carbocycles. The van der Waals surface area contributed by atoms with Gasteiger partial charge < -0.3 is 9.47 Å². The summed E-state index contributed by atoms with van der Waals surface area (Å²) in [5, 5.41) is 0. The molecule has 0 aliphatic carbocycles. The van der Waals surface area contributed by atoms with E-state index >= 15 is 0 Å². The number of ether oxygens (including phenoxy) is 2. The summed E-state index contributed by atoms with van der Waals surface area (Å²) in [7, 11) is 0. The van der Waals surface area contributed by atoms with Gasteiger partial charge in [0.25, 0.3) is 0 Å². The monoisotopic (exact) mass is 378 g/mol. The number of carbonyl (C=O) groups excluding carboxylic acids is 2. The molecule has 0 amide bonds. The van der Waals surface area contributed by atoms with Crippen molar-refractivity contribution in [2.75, 3.05) is 0 Å². The van der Waals surface area contributed by atoms with Crippen LogP contribution in [0.5, 0.6) is 11.5 Å². The molecule has 6 heteroatoms. The van der Waals surface area contributed by atoms with Gasteiger partial charge in [0, 0.05) is 0 Å². The lowest BCUT2D eigenvalue weighted by molar-refractivity contribution is -0.134. The lowest BCUT2D eigenvalue weighted by atomic mass is 10.3. The molecule has 18 heavy (non-hydrogen) atoms. The molecule has 0 aliphatic heterocycles. The number of rotatable bonds is 4. The van der Waals surface area contributed by atoms with Gasteiger partial charge in [0.05, 0.1) is 0 Å². The first-order chi connectivity index (χ1) is 8.40. The Morgan fingerprint density at radius 3 is 1.39 bits per heavy atom. The average Bonchev–Trinajstić information content (AvgIpc) is 2.31. The molecular weight excluding hydrogens is 368 g/mol. The Bertz CT molecular complexity index is 385. The summed E-state index contributed by atoms with van der Waals surface area (Å²) < 4.78 is 10.1. The molecule has 2 unspecified atom stereocenters. The Morgan fingerprint density at radius 1 is 0.889 bits per heavy atom. The molecular formula is C12H12Br2O4. The summed E-state index contributed by atoms with van der Waals surface area (Å²) in [4.78, 5) is 21.9. The van der Waals surface area contributed by atoms with Crippen molar-refractivity contribution in [3.63, 3.8) is 0 Å². The Morgan fingerprint density at radius 2 is 1.17 bits per heavy atom. The van der Waals surface area contributed by atoms with Crippen LogP contribution < -0.4 is 9.47 Å². The van der Waals surface area contributed by atoms with E-state index in [0.717, 1.165) is 0 Å². The first-order valence-corrected chi connectivity index (χ1v) is 7.05. The number of hydrogen-bond donors (Lipinski definition) is 0. The third-order valence-corrected chi connectivity index (χ3v) is 2.66. The van der Waals surface area contributed by atoms with Crippen molar-refractivity contribution >= 4 is 43.8 Å². The molecule has 0 heterocycles. The summed E-state index contributed by atoms with van der Waals surface area (Å²) in [5.41, 5.74) is 0. The first kappa shape index (κ1) is 15.2. The molecule has 0 aromatic heterocycles. The molecule has 0 fully saturated rings. The van der Waals surface area contributed by atoms with E-state index in [1.165, 1.54) is 0 Å². The molecule has 0 saturated heterocycles. The average molecular weight is 380 g/mol. The van der Waals surface area contributed by atoms with Gasteiger partial charge >= 0.3 is 11.9 Å². The van der Waals surface area contributed by atoms with E-state index in [9.17, 15) is 9.59 Å². The fraction of sp³-hybridized carbons (Fsp3) is 0.333. The van der Waals surface area contributed by atoms with Crippen LogP contribution in [0.3, 0.4) is 0 Å². The highest BCUT2D eigenvalue weighted by Crippen LogP contribution is 2.19. The highest BCUT2D eigenvalue weighted by Gasteiger charge is 2.13. The number of carbonyl (C=O) groups is 2. The van der Waals surface area contributed by atoms with E-state index in [2.05, 4.69) is 31.9 Å². The maximum absolute atomic E-state index is 11.3. The second-order valence-corrected chi connectivity index (χ2v) is 6.29. The van der Waals surface area contributed by atoms with E-state index in [1.807, 2.05) is 0 Å². The minimum Gasteiger partial charge on any atom is -0.426 e. The molecule has 0 aliphatic rings. The molecule has 2 atom stereocenters. The largest absolute Gasteiger partial charge is 0.426 e. The Balaban J connectivity index is 2.63. The highest BCUT2D eigenvalue weighted by molar-refractivity contribution is 9.10. The predicted octanol–water partition coefficient (Wildman–Crippen LogP) is 3.06. The Kier molecular flexibility index (Phi) is 5.81. The minimum atomic E-state index is -0.381. The maximum atomic E-state index is 11.3. The van der Waals surface area contributed by atoms with Gasteiger partial charge in [-0.05, 0) is 38.1 Å². The number of benzene rings is 1. The minimum absolute atomic E-state index is 0.371. The van der Waals surface area contributed by atoms with E-state index in [0.29, 0.717) is 11.5 Å². The van der Waals surface area contributed by atoms with Crippen LogP contribution in [0.4, 0.5) is 0 Å².